The van der Waals surface area contributed by atoms with Gasteiger partial charge in [0.1, 0.15) is 0 Å². The molecule has 0 amide bonds. The highest BCUT2D eigenvalue weighted by atomic mass is 127. The minimum Gasteiger partial charge on any atom is -0.363 e. The van der Waals surface area contributed by atoms with Crippen LogP contribution in [0.25, 0.3) is 0 Å². The number of nitrogens with one attached hydrogen (secondary N) is 3. The van der Waals surface area contributed by atoms with Crippen LogP contribution in [-0.4, -0.2) is 47.1 Å². The number of sulfonamides is 1. The van der Waals surface area contributed by atoms with Crippen molar-refractivity contribution in [1.29, 1.82) is 0 Å². The van der Waals surface area contributed by atoms with Crippen LogP contribution in [0.15, 0.2) is 46.8 Å². The van der Waals surface area contributed by atoms with E-state index in [9.17, 15) is 8.42 Å². The van der Waals surface area contributed by atoms with E-state index < -0.39 is 10.0 Å². The highest BCUT2D eigenvalue weighted by Gasteiger charge is 2.20. The zero-order valence-electron chi connectivity index (χ0n) is 18.0. The number of hydrogen-bond donors (Lipinski definition) is 3. The van der Waals surface area contributed by atoms with Crippen molar-refractivity contribution in [3.8, 4) is 0 Å². The minimum absolute atomic E-state index is 0. The van der Waals surface area contributed by atoms with Crippen molar-refractivity contribution in [2.45, 2.75) is 38.1 Å². The van der Waals surface area contributed by atoms with Crippen molar-refractivity contribution in [3.05, 3.63) is 52.9 Å². The topological polar surface area (TPSA) is 85.8 Å². The van der Waals surface area contributed by atoms with Crippen molar-refractivity contribution >= 4 is 56.3 Å². The van der Waals surface area contributed by atoms with E-state index in [0.717, 1.165) is 49.6 Å². The van der Waals surface area contributed by atoms with Gasteiger partial charge in [-0.25, -0.2) is 18.1 Å². The maximum atomic E-state index is 11.7. The maximum absolute atomic E-state index is 11.7. The summed E-state index contributed by atoms with van der Waals surface area (Å²) in [5.74, 6) is 0.815. The molecule has 7 nitrogen and oxygen atoms in total. The molecule has 3 rings (SSSR count). The summed E-state index contributed by atoms with van der Waals surface area (Å²) >= 11 is 1.80. The first-order valence-corrected chi connectivity index (χ1v) is 12.8. The monoisotopic (exact) mass is 577 g/mol. The Morgan fingerprint density at radius 3 is 2.42 bits per heavy atom. The van der Waals surface area contributed by atoms with Gasteiger partial charge in [-0.15, -0.1) is 35.3 Å². The van der Waals surface area contributed by atoms with Crippen LogP contribution in [0.5, 0.6) is 0 Å². The Balaban J connectivity index is 0.00000341. The predicted octanol–water partition coefficient (Wildman–Crippen LogP) is 3.14. The molecule has 1 saturated heterocycles. The molecule has 0 unspecified atom stereocenters. The SMILES string of the molecule is CCNC(=NCc1ccc(CS(=O)(=O)NC)cc1)NC1CCN(c2cccs2)CC1.I. The number of thiophene rings is 1. The van der Waals surface area contributed by atoms with E-state index >= 15 is 0 Å². The Morgan fingerprint density at radius 2 is 1.84 bits per heavy atom. The van der Waals surface area contributed by atoms with E-state index in [1.807, 2.05) is 24.3 Å². The molecule has 10 heteroatoms. The van der Waals surface area contributed by atoms with Crippen LogP contribution in [0.2, 0.25) is 0 Å². The second-order valence-electron chi connectivity index (χ2n) is 7.33. The van der Waals surface area contributed by atoms with Gasteiger partial charge in [-0.3, -0.25) is 0 Å². The van der Waals surface area contributed by atoms with E-state index in [1.165, 1.54) is 12.0 Å². The van der Waals surface area contributed by atoms with Gasteiger partial charge < -0.3 is 15.5 Å². The number of aliphatic imine (C=N–C) groups is 1. The molecule has 1 aliphatic heterocycles. The molecule has 1 aromatic heterocycles. The Bertz CT molecular complexity index is 910. The number of nitrogens with zero attached hydrogens (tertiary/aromatic N) is 2. The summed E-state index contributed by atoms with van der Waals surface area (Å²) in [5, 5.41) is 10.4. The van der Waals surface area contributed by atoms with Crippen molar-refractivity contribution < 1.29 is 8.42 Å². The summed E-state index contributed by atoms with van der Waals surface area (Å²) < 4.78 is 25.7. The van der Waals surface area contributed by atoms with Crippen molar-refractivity contribution in [1.82, 2.24) is 15.4 Å². The van der Waals surface area contributed by atoms with E-state index in [2.05, 4.69) is 44.7 Å². The Kier molecular flexibility index (Phi) is 10.5. The number of benzene rings is 1. The lowest BCUT2D eigenvalue weighted by atomic mass is 10.1. The largest absolute Gasteiger partial charge is 0.363 e. The van der Waals surface area contributed by atoms with E-state index in [4.69, 9.17) is 4.99 Å². The third-order valence-corrected chi connectivity index (χ3v) is 7.37. The number of anilines is 1. The zero-order chi connectivity index (χ0) is 21.4. The van der Waals surface area contributed by atoms with Gasteiger partial charge in [0.25, 0.3) is 0 Å². The summed E-state index contributed by atoms with van der Waals surface area (Å²) in [6, 6.07) is 12.3. The smallest absolute Gasteiger partial charge is 0.215 e. The molecule has 0 aliphatic carbocycles. The van der Waals surface area contributed by atoms with Gasteiger partial charge in [0.2, 0.25) is 10.0 Å². The number of hydrogen-bond acceptors (Lipinski definition) is 5. The van der Waals surface area contributed by atoms with Crippen LogP contribution in [0.4, 0.5) is 5.00 Å². The van der Waals surface area contributed by atoms with Gasteiger partial charge in [-0.05, 0) is 55.5 Å². The van der Waals surface area contributed by atoms with Gasteiger partial charge in [0.05, 0.1) is 17.3 Å². The van der Waals surface area contributed by atoms with Crippen LogP contribution in [0.3, 0.4) is 0 Å². The third kappa shape index (κ3) is 8.24. The summed E-state index contributed by atoms with van der Waals surface area (Å²) in [6.07, 6.45) is 2.16. The second kappa shape index (κ2) is 12.6. The lowest BCUT2D eigenvalue weighted by Crippen LogP contribution is -2.48. The van der Waals surface area contributed by atoms with Crippen molar-refractivity contribution in [2.24, 2.45) is 4.99 Å². The van der Waals surface area contributed by atoms with Crippen LogP contribution in [0.1, 0.15) is 30.9 Å². The lowest BCUT2D eigenvalue weighted by Gasteiger charge is -2.33. The third-order valence-electron chi connectivity index (χ3n) is 5.11. The van der Waals surface area contributed by atoms with Gasteiger partial charge >= 0.3 is 0 Å². The Morgan fingerprint density at radius 1 is 1.16 bits per heavy atom. The van der Waals surface area contributed by atoms with Gasteiger partial charge in [0.15, 0.2) is 5.96 Å². The van der Waals surface area contributed by atoms with Crippen LogP contribution in [-0.2, 0) is 22.3 Å². The average Bonchev–Trinajstić information content (AvgIpc) is 3.28. The van der Waals surface area contributed by atoms with Gasteiger partial charge in [-0.2, -0.15) is 0 Å². The summed E-state index contributed by atoms with van der Waals surface area (Å²) in [5.41, 5.74) is 1.81. The maximum Gasteiger partial charge on any atom is 0.215 e. The molecule has 0 bridgehead atoms. The summed E-state index contributed by atoms with van der Waals surface area (Å²) in [7, 11) is -1.82. The summed E-state index contributed by atoms with van der Waals surface area (Å²) in [4.78, 5) is 7.17. The first-order chi connectivity index (χ1) is 14.5. The van der Waals surface area contributed by atoms with Crippen molar-refractivity contribution in [3.63, 3.8) is 0 Å². The van der Waals surface area contributed by atoms with E-state index in [1.54, 1.807) is 11.3 Å². The molecule has 1 fully saturated rings. The molecule has 0 atom stereocenters. The molecule has 0 radical (unpaired) electrons. The molecule has 1 aromatic carbocycles. The van der Waals surface area contributed by atoms with E-state index in [0.29, 0.717) is 12.6 Å². The Hall–Kier alpha value is -1.37. The molecule has 0 spiro atoms. The van der Waals surface area contributed by atoms with E-state index in [-0.39, 0.29) is 29.7 Å². The number of rotatable bonds is 8. The highest BCUT2D eigenvalue weighted by molar-refractivity contribution is 14.0. The normalized spacial score (nSPS) is 15.4. The van der Waals surface area contributed by atoms with Crippen LogP contribution in [0, 0.1) is 0 Å². The van der Waals surface area contributed by atoms with Crippen LogP contribution >= 0.6 is 35.3 Å². The molecule has 1 aliphatic rings. The predicted molar refractivity (Wildman–Crippen MR) is 141 cm³/mol. The van der Waals surface area contributed by atoms with Gasteiger partial charge in [-0.1, -0.05) is 24.3 Å². The fourth-order valence-corrected chi connectivity index (χ4v) is 4.97. The molecular formula is C21H32IN5O2S2. The molecule has 2 heterocycles. The lowest BCUT2D eigenvalue weighted by molar-refractivity contribution is 0.463. The molecule has 3 N–H and O–H groups in total. The standard InChI is InChI=1S/C21H31N5O2S2.HI/c1-3-23-21(25-19-10-12-26(13-11-19)20-5-4-14-29-20)24-15-17-6-8-18(9-7-17)16-30(27,28)22-2;/h4-9,14,19,22H,3,10-13,15-16H2,1-2H3,(H2,23,24,25);1H. The van der Waals surface area contributed by atoms with Crippen molar-refractivity contribution in [2.75, 3.05) is 31.6 Å². The molecular weight excluding hydrogens is 545 g/mol. The fourth-order valence-electron chi connectivity index (χ4n) is 3.41. The number of halogens is 1. The molecule has 31 heavy (non-hydrogen) atoms. The molecule has 172 valence electrons. The first kappa shape index (κ1) is 25.9. The van der Waals surface area contributed by atoms with Gasteiger partial charge in [0, 0.05) is 25.7 Å². The molecule has 0 saturated carbocycles. The quantitative estimate of drug-likeness (QED) is 0.255. The average molecular weight is 578 g/mol. The molecule has 2 aromatic rings. The first-order valence-electron chi connectivity index (χ1n) is 10.3. The number of guanidine groups is 1. The zero-order valence-corrected chi connectivity index (χ0v) is 22.0. The second-order valence-corrected chi connectivity index (χ2v) is 10.2. The highest BCUT2D eigenvalue weighted by Crippen LogP contribution is 2.24. The minimum atomic E-state index is -3.25. The fraction of sp³-hybridized carbons (Fsp3) is 0.476. The van der Waals surface area contributed by atoms with Crippen LogP contribution < -0.4 is 20.3 Å². The Labute approximate surface area is 206 Å². The summed E-state index contributed by atoms with van der Waals surface area (Å²) in [6.45, 7) is 5.51. The number of piperidine rings is 1.